The van der Waals surface area contributed by atoms with Crippen LogP contribution in [0.3, 0.4) is 0 Å². The van der Waals surface area contributed by atoms with Gasteiger partial charge in [-0.2, -0.15) is 0 Å². The minimum Gasteiger partial charge on any atom is -0.492 e. The van der Waals surface area contributed by atoms with Crippen molar-refractivity contribution >= 4 is 17.5 Å². The van der Waals surface area contributed by atoms with Crippen molar-refractivity contribution in [1.29, 1.82) is 0 Å². The first-order chi connectivity index (χ1) is 12.0. The van der Waals surface area contributed by atoms with E-state index < -0.39 is 6.04 Å². The van der Waals surface area contributed by atoms with E-state index in [0.29, 0.717) is 13.2 Å². The number of rotatable bonds is 5. The van der Waals surface area contributed by atoms with Crippen LogP contribution in [0.25, 0.3) is 0 Å². The summed E-state index contributed by atoms with van der Waals surface area (Å²) in [5, 5.41) is 2.75. The van der Waals surface area contributed by atoms with E-state index in [1.54, 1.807) is 4.90 Å². The molecule has 25 heavy (non-hydrogen) atoms. The molecule has 130 valence electrons. The lowest BCUT2D eigenvalue weighted by molar-refractivity contribution is -0.126. The molecule has 2 aromatic rings. The minimum absolute atomic E-state index is 0.118. The van der Waals surface area contributed by atoms with E-state index >= 15 is 0 Å². The van der Waals surface area contributed by atoms with Gasteiger partial charge >= 0.3 is 0 Å². The molecule has 5 nitrogen and oxygen atoms in total. The van der Waals surface area contributed by atoms with Gasteiger partial charge in [-0.1, -0.05) is 30.3 Å². The van der Waals surface area contributed by atoms with E-state index in [9.17, 15) is 9.59 Å². The van der Waals surface area contributed by atoms with Crippen LogP contribution in [0.5, 0.6) is 5.75 Å². The second-order valence-corrected chi connectivity index (χ2v) is 6.30. The SMILES string of the molecule is CC(=O)NC1C(=O)N(CCOc2cccc(C)c2)c2c(C)cccc21. The van der Waals surface area contributed by atoms with Gasteiger partial charge in [-0.3, -0.25) is 9.59 Å². The quantitative estimate of drug-likeness (QED) is 0.912. The highest BCUT2D eigenvalue weighted by Crippen LogP contribution is 2.38. The van der Waals surface area contributed by atoms with Gasteiger partial charge in [0.25, 0.3) is 5.91 Å². The molecule has 0 saturated heterocycles. The van der Waals surface area contributed by atoms with Crippen LogP contribution < -0.4 is 15.0 Å². The summed E-state index contributed by atoms with van der Waals surface area (Å²) < 4.78 is 5.79. The lowest BCUT2D eigenvalue weighted by Crippen LogP contribution is -2.38. The second kappa shape index (κ2) is 6.97. The Kier molecular flexibility index (Phi) is 4.74. The van der Waals surface area contributed by atoms with E-state index in [-0.39, 0.29) is 11.8 Å². The van der Waals surface area contributed by atoms with Gasteiger partial charge in [0.2, 0.25) is 5.91 Å². The Morgan fingerprint density at radius 3 is 2.68 bits per heavy atom. The normalized spacial score (nSPS) is 15.9. The molecule has 0 bridgehead atoms. The molecule has 0 spiro atoms. The summed E-state index contributed by atoms with van der Waals surface area (Å²) in [5.74, 6) is 0.450. The first-order valence-electron chi connectivity index (χ1n) is 8.35. The number of carbonyl (C=O) groups is 2. The Morgan fingerprint density at radius 1 is 1.20 bits per heavy atom. The fraction of sp³-hybridized carbons (Fsp3) is 0.300. The summed E-state index contributed by atoms with van der Waals surface area (Å²) >= 11 is 0. The first kappa shape index (κ1) is 17.0. The van der Waals surface area contributed by atoms with E-state index in [1.165, 1.54) is 6.92 Å². The molecule has 3 rings (SSSR count). The number of anilines is 1. The number of nitrogens with zero attached hydrogens (tertiary/aromatic N) is 1. The van der Waals surface area contributed by atoms with Crippen molar-refractivity contribution < 1.29 is 14.3 Å². The third-order valence-electron chi connectivity index (χ3n) is 4.28. The number of hydrogen-bond acceptors (Lipinski definition) is 3. The summed E-state index contributed by atoms with van der Waals surface area (Å²) in [6.45, 7) is 6.22. The molecule has 1 aliphatic rings. The van der Waals surface area contributed by atoms with Crippen LogP contribution in [0.2, 0.25) is 0 Å². The van der Waals surface area contributed by atoms with Crippen molar-refractivity contribution in [2.75, 3.05) is 18.1 Å². The number of para-hydroxylation sites is 1. The van der Waals surface area contributed by atoms with E-state index in [1.807, 2.05) is 56.3 Å². The Labute approximate surface area is 147 Å². The molecule has 1 heterocycles. The molecule has 5 heteroatoms. The Hall–Kier alpha value is -2.82. The molecule has 0 fully saturated rings. The molecule has 2 aromatic carbocycles. The molecule has 0 aliphatic carbocycles. The van der Waals surface area contributed by atoms with Gasteiger partial charge < -0.3 is 15.0 Å². The molecular weight excluding hydrogens is 316 g/mol. The van der Waals surface area contributed by atoms with Gasteiger partial charge in [0.1, 0.15) is 18.4 Å². The zero-order valence-corrected chi connectivity index (χ0v) is 14.7. The van der Waals surface area contributed by atoms with Crippen molar-refractivity contribution in [2.45, 2.75) is 26.8 Å². The van der Waals surface area contributed by atoms with Crippen LogP contribution in [0.15, 0.2) is 42.5 Å². The molecular formula is C20H22N2O3. The average molecular weight is 338 g/mol. The highest BCUT2D eigenvalue weighted by atomic mass is 16.5. The maximum Gasteiger partial charge on any atom is 0.254 e. The zero-order chi connectivity index (χ0) is 18.0. The van der Waals surface area contributed by atoms with Crippen molar-refractivity contribution in [2.24, 2.45) is 0 Å². The van der Waals surface area contributed by atoms with Gasteiger partial charge in [0.05, 0.1) is 12.2 Å². The number of aryl methyl sites for hydroxylation is 2. The van der Waals surface area contributed by atoms with Crippen LogP contribution in [0, 0.1) is 13.8 Å². The summed E-state index contributed by atoms with van der Waals surface area (Å²) in [5.41, 5.74) is 3.85. The standard InChI is InChI=1S/C20H22N2O3/c1-13-6-4-8-16(12-13)25-11-10-22-19-14(2)7-5-9-17(19)18(20(22)24)21-15(3)23/h4-9,12,18H,10-11H2,1-3H3,(H,21,23). The molecule has 0 radical (unpaired) electrons. The fourth-order valence-corrected chi connectivity index (χ4v) is 3.21. The number of hydrogen-bond donors (Lipinski definition) is 1. The Morgan fingerprint density at radius 2 is 1.96 bits per heavy atom. The maximum absolute atomic E-state index is 12.8. The third kappa shape index (κ3) is 3.50. The Balaban J connectivity index is 1.77. The number of carbonyl (C=O) groups excluding carboxylic acids is 2. The number of benzene rings is 2. The van der Waals surface area contributed by atoms with Crippen LogP contribution in [-0.2, 0) is 9.59 Å². The number of ether oxygens (including phenoxy) is 1. The minimum atomic E-state index is -0.619. The van der Waals surface area contributed by atoms with Gasteiger partial charge in [0.15, 0.2) is 0 Å². The van der Waals surface area contributed by atoms with Crippen LogP contribution >= 0.6 is 0 Å². The fourth-order valence-electron chi connectivity index (χ4n) is 3.21. The maximum atomic E-state index is 12.8. The third-order valence-corrected chi connectivity index (χ3v) is 4.28. The van der Waals surface area contributed by atoms with Crippen LogP contribution in [-0.4, -0.2) is 25.0 Å². The zero-order valence-electron chi connectivity index (χ0n) is 14.7. The summed E-state index contributed by atoms with van der Waals surface area (Å²) in [6, 6.07) is 13.0. The monoisotopic (exact) mass is 338 g/mol. The van der Waals surface area contributed by atoms with Crippen LogP contribution in [0.1, 0.15) is 29.7 Å². The smallest absolute Gasteiger partial charge is 0.254 e. The molecule has 1 atom stereocenters. The molecule has 1 N–H and O–H groups in total. The van der Waals surface area contributed by atoms with E-state index in [0.717, 1.165) is 28.1 Å². The van der Waals surface area contributed by atoms with Crippen molar-refractivity contribution in [1.82, 2.24) is 5.32 Å². The predicted octanol–water partition coefficient (Wildman–Crippen LogP) is 2.91. The summed E-state index contributed by atoms with van der Waals surface area (Å²) in [6.07, 6.45) is 0. The molecule has 1 aliphatic heterocycles. The van der Waals surface area contributed by atoms with Crippen molar-refractivity contribution in [3.05, 3.63) is 59.2 Å². The first-order valence-corrected chi connectivity index (χ1v) is 8.35. The summed E-state index contributed by atoms with van der Waals surface area (Å²) in [7, 11) is 0. The van der Waals surface area contributed by atoms with Gasteiger partial charge in [-0.05, 0) is 37.1 Å². The number of nitrogens with one attached hydrogen (secondary N) is 1. The Bertz CT molecular complexity index is 816. The highest BCUT2D eigenvalue weighted by Gasteiger charge is 2.38. The largest absolute Gasteiger partial charge is 0.492 e. The van der Waals surface area contributed by atoms with E-state index in [4.69, 9.17) is 4.74 Å². The van der Waals surface area contributed by atoms with Gasteiger partial charge in [-0.25, -0.2) is 0 Å². The second-order valence-electron chi connectivity index (χ2n) is 6.30. The van der Waals surface area contributed by atoms with Crippen molar-refractivity contribution in [3.8, 4) is 5.75 Å². The van der Waals surface area contributed by atoms with Crippen molar-refractivity contribution in [3.63, 3.8) is 0 Å². The summed E-state index contributed by atoms with van der Waals surface area (Å²) in [4.78, 5) is 26.0. The molecule has 1 unspecified atom stereocenters. The lowest BCUT2D eigenvalue weighted by Gasteiger charge is -2.20. The number of amides is 2. The average Bonchev–Trinajstić information content (AvgIpc) is 2.81. The topological polar surface area (TPSA) is 58.6 Å². The number of fused-ring (bicyclic) bond motifs is 1. The predicted molar refractivity (Wildman–Crippen MR) is 96.8 cm³/mol. The highest BCUT2D eigenvalue weighted by molar-refractivity contribution is 6.06. The molecule has 2 amide bonds. The van der Waals surface area contributed by atoms with Crippen LogP contribution in [0.4, 0.5) is 5.69 Å². The van der Waals surface area contributed by atoms with E-state index in [2.05, 4.69) is 5.32 Å². The molecule has 0 saturated carbocycles. The lowest BCUT2D eigenvalue weighted by atomic mass is 10.1. The van der Waals surface area contributed by atoms with Gasteiger partial charge in [0, 0.05) is 12.5 Å². The van der Waals surface area contributed by atoms with Gasteiger partial charge in [-0.15, -0.1) is 0 Å². The molecule has 0 aromatic heterocycles.